The molecule has 1 heterocycles. The van der Waals surface area contributed by atoms with Crippen molar-refractivity contribution < 1.29 is 0 Å². The van der Waals surface area contributed by atoms with E-state index in [-0.39, 0.29) is 5.54 Å². The third kappa shape index (κ3) is 2.59. The van der Waals surface area contributed by atoms with E-state index in [1.807, 2.05) is 7.05 Å². The number of nitrogens with one attached hydrogen (secondary N) is 1. The van der Waals surface area contributed by atoms with Gasteiger partial charge in [0.15, 0.2) is 0 Å². The summed E-state index contributed by atoms with van der Waals surface area (Å²) in [6, 6.07) is 13.3. The molecular weight excluding hydrogens is 246 g/mol. The second-order valence-electron chi connectivity index (χ2n) is 6.24. The van der Waals surface area contributed by atoms with E-state index >= 15 is 0 Å². The summed E-state index contributed by atoms with van der Waals surface area (Å²) in [5, 5.41) is 12.9. The van der Waals surface area contributed by atoms with E-state index in [9.17, 15) is 5.26 Å². The van der Waals surface area contributed by atoms with Crippen molar-refractivity contribution in [2.24, 2.45) is 5.92 Å². The van der Waals surface area contributed by atoms with Crippen molar-refractivity contribution in [3.63, 3.8) is 0 Å². The quantitative estimate of drug-likeness (QED) is 0.892. The SMILES string of the molecule is CNC(C#N)(CN1CCC(c2ccccc2)C1)C1CC1. The number of likely N-dealkylation sites (tertiary alicyclic amines) is 1. The van der Waals surface area contributed by atoms with Gasteiger partial charge in [-0.15, -0.1) is 0 Å². The van der Waals surface area contributed by atoms with Gasteiger partial charge in [0.05, 0.1) is 6.07 Å². The van der Waals surface area contributed by atoms with Crippen LogP contribution < -0.4 is 5.32 Å². The van der Waals surface area contributed by atoms with Crippen molar-refractivity contribution in [2.45, 2.75) is 30.7 Å². The highest BCUT2D eigenvalue weighted by Crippen LogP contribution is 2.40. The van der Waals surface area contributed by atoms with Crippen molar-refractivity contribution in [3.8, 4) is 6.07 Å². The fourth-order valence-electron chi connectivity index (χ4n) is 3.50. The van der Waals surface area contributed by atoms with Gasteiger partial charge < -0.3 is 5.32 Å². The number of rotatable bonds is 5. The minimum Gasteiger partial charge on any atom is -0.301 e. The first kappa shape index (κ1) is 13.6. The maximum absolute atomic E-state index is 9.59. The van der Waals surface area contributed by atoms with Gasteiger partial charge in [0.2, 0.25) is 0 Å². The van der Waals surface area contributed by atoms with Crippen LogP contribution in [0.3, 0.4) is 0 Å². The molecule has 2 fully saturated rings. The first-order valence-electron chi connectivity index (χ1n) is 7.65. The van der Waals surface area contributed by atoms with Gasteiger partial charge in [0.25, 0.3) is 0 Å². The summed E-state index contributed by atoms with van der Waals surface area (Å²) in [6.07, 6.45) is 3.61. The van der Waals surface area contributed by atoms with Crippen LogP contribution in [0.4, 0.5) is 0 Å². The molecule has 2 aliphatic rings. The molecule has 1 N–H and O–H groups in total. The monoisotopic (exact) mass is 269 g/mol. The molecule has 20 heavy (non-hydrogen) atoms. The van der Waals surface area contributed by atoms with Crippen LogP contribution in [0.15, 0.2) is 30.3 Å². The van der Waals surface area contributed by atoms with Gasteiger partial charge in [0.1, 0.15) is 5.54 Å². The lowest BCUT2D eigenvalue weighted by atomic mass is 9.94. The van der Waals surface area contributed by atoms with E-state index in [1.165, 1.54) is 24.8 Å². The molecule has 0 aromatic heterocycles. The molecule has 2 unspecified atom stereocenters. The molecule has 1 aliphatic carbocycles. The number of hydrogen-bond acceptors (Lipinski definition) is 3. The average molecular weight is 269 g/mol. The van der Waals surface area contributed by atoms with Gasteiger partial charge in [-0.25, -0.2) is 0 Å². The molecule has 0 radical (unpaired) electrons. The molecule has 1 saturated heterocycles. The Labute approximate surface area is 121 Å². The molecule has 2 atom stereocenters. The van der Waals surface area contributed by atoms with E-state index in [1.54, 1.807) is 0 Å². The third-order valence-electron chi connectivity index (χ3n) is 4.94. The maximum atomic E-state index is 9.59. The van der Waals surface area contributed by atoms with E-state index in [4.69, 9.17) is 0 Å². The maximum Gasteiger partial charge on any atom is 0.122 e. The lowest BCUT2D eigenvalue weighted by Gasteiger charge is -2.31. The normalized spacial score (nSPS) is 26.1. The van der Waals surface area contributed by atoms with Gasteiger partial charge in [-0.2, -0.15) is 5.26 Å². The van der Waals surface area contributed by atoms with Crippen LogP contribution in [-0.4, -0.2) is 37.1 Å². The lowest BCUT2D eigenvalue weighted by molar-refractivity contribution is 0.235. The summed E-state index contributed by atoms with van der Waals surface area (Å²) in [5.41, 5.74) is 1.11. The highest BCUT2D eigenvalue weighted by Gasteiger charge is 2.46. The van der Waals surface area contributed by atoms with Crippen LogP contribution in [0.25, 0.3) is 0 Å². The molecule has 0 spiro atoms. The lowest BCUT2D eigenvalue weighted by Crippen LogP contribution is -2.52. The van der Waals surface area contributed by atoms with Crippen LogP contribution in [-0.2, 0) is 0 Å². The summed E-state index contributed by atoms with van der Waals surface area (Å²) in [7, 11) is 1.94. The Kier molecular flexibility index (Phi) is 3.78. The van der Waals surface area contributed by atoms with E-state index in [0.717, 1.165) is 19.6 Å². The highest BCUT2D eigenvalue weighted by atomic mass is 15.2. The Hall–Kier alpha value is -1.37. The van der Waals surface area contributed by atoms with Crippen LogP contribution in [0, 0.1) is 17.2 Å². The van der Waals surface area contributed by atoms with Crippen molar-refractivity contribution in [1.29, 1.82) is 5.26 Å². The minimum atomic E-state index is -0.328. The predicted molar refractivity (Wildman–Crippen MR) is 80.4 cm³/mol. The average Bonchev–Trinajstić information content (AvgIpc) is 3.26. The van der Waals surface area contributed by atoms with Crippen LogP contribution >= 0.6 is 0 Å². The largest absolute Gasteiger partial charge is 0.301 e. The first-order valence-corrected chi connectivity index (χ1v) is 7.65. The molecule has 1 aromatic rings. The zero-order valence-electron chi connectivity index (χ0n) is 12.2. The van der Waals surface area contributed by atoms with Gasteiger partial charge in [-0.3, -0.25) is 4.90 Å². The molecule has 3 nitrogen and oxygen atoms in total. The van der Waals surface area contributed by atoms with E-state index in [2.05, 4.69) is 46.6 Å². The summed E-state index contributed by atoms with van der Waals surface area (Å²) in [6.45, 7) is 3.06. The van der Waals surface area contributed by atoms with Crippen molar-refractivity contribution >= 4 is 0 Å². The van der Waals surface area contributed by atoms with Crippen LogP contribution in [0.2, 0.25) is 0 Å². The molecule has 0 bridgehead atoms. The number of benzene rings is 1. The van der Waals surface area contributed by atoms with Gasteiger partial charge in [-0.1, -0.05) is 30.3 Å². The third-order valence-corrected chi connectivity index (χ3v) is 4.94. The summed E-state index contributed by atoms with van der Waals surface area (Å²) < 4.78 is 0. The van der Waals surface area contributed by atoms with Crippen molar-refractivity contribution in [1.82, 2.24) is 10.2 Å². The Balaban J connectivity index is 1.64. The van der Waals surface area contributed by atoms with E-state index < -0.39 is 0 Å². The molecule has 1 aromatic carbocycles. The molecule has 1 saturated carbocycles. The van der Waals surface area contributed by atoms with Crippen LogP contribution in [0.5, 0.6) is 0 Å². The molecule has 1 aliphatic heterocycles. The molecule has 106 valence electrons. The fraction of sp³-hybridized carbons (Fsp3) is 0.588. The summed E-state index contributed by atoms with van der Waals surface area (Å²) in [4.78, 5) is 2.47. The fourth-order valence-corrected chi connectivity index (χ4v) is 3.50. The number of nitriles is 1. The minimum absolute atomic E-state index is 0.328. The van der Waals surface area contributed by atoms with Gasteiger partial charge >= 0.3 is 0 Å². The first-order chi connectivity index (χ1) is 9.77. The standard InChI is InChI=1S/C17H23N3/c1-19-17(12-18,16-7-8-16)13-20-10-9-15(11-20)14-5-3-2-4-6-14/h2-6,15-16,19H,7-11,13H2,1H3. The Bertz CT molecular complexity index is 489. The second kappa shape index (κ2) is 5.55. The van der Waals surface area contributed by atoms with Crippen molar-refractivity contribution in [2.75, 3.05) is 26.7 Å². The number of likely N-dealkylation sites (N-methyl/N-ethyl adjacent to an activating group) is 1. The molecule has 3 rings (SSSR count). The number of nitrogens with zero attached hydrogens (tertiary/aromatic N) is 2. The zero-order chi connectivity index (χ0) is 14.0. The Morgan fingerprint density at radius 2 is 2.05 bits per heavy atom. The second-order valence-corrected chi connectivity index (χ2v) is 6.24. The zero-order valence-corrected chi connectivity index (χ0v) is 12.2. The summed E-state index contributed by atoms with van der Waals surface area (Å²) in [5.74, 6) is 1.18. The Morgan fingerprint density at radius 1 is 1.30 bits per heavy atom. The smallest absolute Gasteiger partial charge is 0.122 e. The van der Waals surface area contributed by atoms with Crippen molar-refractivity contribution in [3.05, 3.63) is 35.9 Å². The topological polar surface area (TPSA) is 39.1 Å². The highest BCUT2D eigenvalue weighted by molar-refractivity contribution is 5.22. The van der Waals surface area contributed by atoms with Gasteiger partial charge in [-0.05, 0) is 50.3 Å². The molecule has 0 amide bonds. The molecule has 3 heteroatoms. The predicted octanol–water partition coefficient (Wildman–Crippen LogP) is 2.37. The molecular formula is C17H23N3. The van der Waals surface area contributed by atoms with Crippen LogP contribution in [0.1, 0.15) is 30.7 Å². The number of hydrogen-bond donors (Lipinski definition) is 1. The summed E-state index contributed by atoms with van der Waals surface area (Å²) >= 11 is 0. The Morgan fingerprint density at radius 3 is 2.65 bits per heavy atom. The van der Waals surface area contributed by atoms with E-state index in [0.29, 0.717) is 11.8 Å². The van der Waals surface area contributed by atoms with Gasteiger partial charge in [0, 0.05) is 13.1 Å².